The molecule has 0 radical (unpaired) electrons. The van der Waals surface area contributed by atoms with Crippen molar-refractivity contribution in [3.05, 3.63) is 30.1 Å². The number of aromatic nitrogens is 1. The van der Waals surface area contributed by atoms with Crippen LogP contribution in [-0.2, 0) is 16.1 Å². The molecule has 2 fully saturated rings. The molecule has 3 heterocycles. The molecule has 2 aliphatic rings. The molecule has 2 saturated heterocycles. The quantitative estimate of drug-likeness (QED) is 0.764. The average Bonchev–Trinajstić information content (AvgIpc) is 2.73. The summed E-state index contributed by atoms with van der Waals surface area (Å²) in [6.07, 6.45) is 5.75. The summed E-state index contributed by atoms with van der Waals surface area (Å²) in [6.45, 7) is 4.41. The Bertz CT molecular complexity index is 616. The second kappa shape index (κ2) is 9.80. The number of piperidine rings is 2. The van der Waals surface area contributed by atoms with Crippen LogP contribution < -0.4 is 10.6 Å². The molecule has 7 nitrogen and oxygen atoms in total. The second-order valence-electron chi connectivity index (χ2n) is 7.52. The summed E-state index contributed by atoms with van der Waals surface area (Å²) in [6, 6.07) is 6.22. The van der Waals surface area contributed by atoms with E-state index < -0.39 is 0 Å². The van der Waals surface area contributed by atoms with E-state index in [1.54, 1.807) is 13.2 Å². The van der Waals surface area contributed by atoms with Gasteiger partial charge in [0.05, 0.1) is 24.7 Å². The lowest BCUT2D eigenvalue weighted by molar-refractivity contribution is -0.131. The van der Waals surface area contributed by atoms with Crippen molar-refractivity contribution in [3.63, 3.8) is 0 Å². The Labute approximate surface area is 161 Å². The molecule has 0 saturated carbocycles. The van der Waals surface area contributed by atoms with Crippen LogP contribution in [0.15, 0.2) is 24.4 Å². The molecule has 2 aliphatic heterocycles. The van der Waals surface area contributed by atoms with E-state index in [0.29, 0.717) is 19.1 Å². The first-order valence-electron chi connectivity index (χ1n) is 10.0. The van der Waals surface area contributed by atoms with E-state index in [0.717, 1.165) is 57.6 Å². The van der Waals surface area contributed by atoms with E-state index >= 15 is 0 Å². The van der Waals surface area contributed by atoms with Crippen LogP contribution in [0.2, 0.25) is 0 Å². The Hall–Kier alpha value is -1.99. The molecule has 2 N–H and O–H groups in total. The first-order chi connectivity index (χ1) is 13.2. The molecule has 1 atom stereocenters. The molecule has 0 spiro atoms. The fourth-order valence-corrected chi connectivity index (χ4v) is 4.12. The summed E-state index contributed by atoms with van der Waals surface area (Å²) >= 11 is 0. The topological polar surface area (TPSA) is 77.6 Å². The Morgan fingerprint density at radius 2 is 2.00 bits per heavy atom. The maximum absolute atomic E-state index is 12.6. The molecule has 0 bridgehead atoms. The van der Waals surface area contributed by atoms with Gasteiger partial charge in [-0.05, 0) is 51.4 Å². The molecule has 148 valence electrons. The lowest BCUT2D eigenvalue weighted by Gasteiger charge is -2.42. The van der Waals surface area contributed by atoms with Crippen LogP contribution in [0, 0.1) is 5.92 Å². The van der Waals surface area contributed by atoms with Gasteiger partial charge in [0.1, 0.15) is 0 Å². The van der Waals surface area contributed by atoms with Crippen molar-refractivity contribution in [2.45, 2.75) is 38.3 Å². The largest absolute Gasteiger partial charge is 0.350 e. The first-order valence-corrected chi connectivity index (χ1v) is 10.0. The Morgan fingerprint density at radius 3 is 2.70 bits per heavy atom. The summed E-state index contributed by atoms with van der Waals surface area (Å²) in [5.74, 6) is 0.361. The van der Waals surface area contributed by atoms with Gasteiger partial charge in [-0.2, -0.15) is 0 Å². The van der Waals surface area contributed by atoms with E-state index in [4.69, 9.17) is 0 Å². The normalized spacial score (nSPS) is 21.8. The highest BCUT2D eigenvalue weighted by atomic mass is 16.2. The fourth-order valence-electron chi connectivity index (χ4n) is 4.12. The number of rotatable bonds is 6. The number of carbonyl (C=O) groups excluding carboxylic acids is 2. The van der Waals surface area contributed by atoms with Gasteiger partial charge in [0.25, 0.3) is 0 Å². The highest BCUT2D eigenvalue weighted by Gasteiger charge is 2.32. The lowest BCUT2D eigenvalue weighted by Crippen LogP contribution is -2.52. The Morgan fingerprint density at radius 1 is 1.19 bits per heavy atom. The minimum atomic E-state index is 0.0476. The lowest BCUT2D eigenvalue weighted by atomic mass is 9.93. The van der Waals surface area contributed by atoms with Gasteiger partial charge < -0.3 is 15.5 Å². The summed E-state index contributed by atoms with van der Waals surface area (Å²) in [7, 11) is 1.80. The molecule has 3 rings (SSSR count). The van der Waals surface area contributed by atoms with Crippen LogP contribution >= 0.6 is 0 Å². The van der Waals surface area contributed by atoms with Crippen LogP contribution in [0.25, 0.3) is 0 Å². The van der Waals surface area contributed by atoms with Crippen molar-refractivity contribution < 1.29 is 9.59 Å². The molecule has 1 aromatic rings. The van der Waals surface area contributed by atoms with Crippen molar-refractivity contribution in [1.29, 1.82) is 0 Å². The van der Waals surface area contributed by atoms with Crippen LogP contribution in [0.1, 0.15) is 31.4 Å². The maximum atomic E-state index is 12.6. The van der Waals surface area contributed by atoms with Gasteiger partial charge in [-0.15, -0.1) is 0 Å². The molecule has 2 amide bonds. The van der Waals surface area contributed by atoms with Crippen LogP contribution in [0.4, 0.5) is 0 Å². The first kappa shape index (κ1) is 19.8. The Balaban J connectivity index is 1.45. The third-order valence-electron chi connectivity index (χ3n) is 5.66. The molecular weight excluding hydrogens is 342 g/mol. The van der Waals surface area contributed by atoms with Crippen molar-refractivity contribution in [2.24, 2.45) is 5.92 Å². The molecule has 0 aliphatic carbocycles. The zero-order valence-electron chi connectivity index (χ0n) is 16.2. The van der Waals surface area contributed by atoms with Crippen LogP contribution in [0.3, 0.4) is 0 Å². The summed E-state index contributed by atoms with van der Waals surface area (Å²) in [5, 5.41) is 5.97. The number of pyridine rings is 1. The standard InChI is InChI=1S/C20H31N5O2/c1-21-14-19(26)24-11-7-18(8-12-24)25-10-4-5-16(15-25)20(27)23-13-17-6-2-3-9-22-17/h2-3,6,9,16,18,21H,4-5,7-8,10-15H2,1H3,(H,23,27). The van der Waals surface area contributed by atoms with E-state index in [2.05, 4.69) is 20.5 Å². The zero-order valence-corrected chi connectivity index (χ0v) is 16.2. The maximum Gasteiger partial charge on any atom is 0.236 e. The highest BCUT2D eigenvalue weighted by Crippen LogP contribution is 2.24. The predicted octanol–water partition coefficient (Wildman–Crippen LogP) is 0.620. The van der Waals surface area contributed by atoms with Gasteiger partial charge in [0.2, 0.25) is 11.8 Å². The number of likely N-dealkylation sites (N-methyl/N-ethyl adjacent to an activating group) is 1. The van der Waals surface area contributed by atoms with Crippen molar-refractivity contribution in [2.75, 3.05) is 39.8 Å². The van der Waals surface area contributed by atoms with Crippen LogP contribution in [-0.4, -0.2) is 72.4 Å². The minimum Gasteiger partial charge on any atom is -0.350 e. The Kier molecular flexibility index (Phi) is 7.18. The third kappa shape index (κ3) is 5.49. The van der Waals surface area contributed by atoms with Gasteiger partial charge >= 0.3 is 0 Å². The third-order valence-corrected chi connectivity index (χ3v) is 5.66. The monoisotopic (exact) mass is 373 g/mol. The number of nitrogens with one attached hydrogen (secondary N) is 2. The van der Waals surface area contributed by atoms with E-state index in [-0.39, 0.29) is 17.7 Å². The second-order valence-corrected chi connectivity index (χ2v) is 7.52. The van der Waals surface area contributed by atoms with Crippen molar-refractivity contribution >= 4 is 11.8 Å². The highest BCUT2D eigenvalue weighted by molar-refractivity contribution is 5.79. The fraction of sp³-hybridized carbons (Fsp3) is 0.650. The predicted molar refractivity (Wildman–Crippen MR) is 104 cm³/mol. The SMILES string of the molecule is CNCC(=O)N1CCC(N2CCCC(C(=O)NCc3ccccn3)C2)CC1. The minimum absolute atomic E-state index is 0.0476. The van der Waals surface area contributed by atoms with Crippen molar-refractivity contribution in [1.82, 2.24) is 25.4 Å². The van der Waals surface area contributed by atoms with Gasteiger partial charge in [0.15, 0.2) is 0 Å². The van der Waals surface area contributed by atoms with Gasteiger partial charge in [0, 0.05) is 31.9 Å². The van der Waals surface area contributed by atoms with E-state index in [1.165, 1.54) is 0 Å². The number of amides is 2. The van der Waals surface area contributed by atoms with Gasteiger partial charge in [-0.25, -0.2) is 0 Å². The number of likely N-dealkylation sites (tertiary alicyclic amines) is 2. The smallest absolute Gasteiger partial charge is 0.236 e. The average molecular weight is 374 g/mol. The van der Waals surface area contributed by atoms with Gasteiger partial charge in [-0.1, -0.05) is 6.07 Å². The summed E-state index contributed by atoms with van der Waals surface area (Å²) < 4.78 is 0. The zero-order chi connectivity index (χ0) is 19.1. The van der Waals surface area contributed by atoms with Crippen molar-refractivity contribution in [3.8, 4) is 0 Å². The molecule has 1 unspecified atom stereocenters. The van der Waals surface area contributed by atoms with Gasteiger partial charge in [-0.3, -0.25) is 19.5 Å². The van der Waals surface area contributed by atoms with E-state index in [9.17, 15) is 9.59 Å². The summed E-state index contributed by atoms with van der Waals surface area (Å²) in [5.41, 5.74) is 0.886. The molecule has 1 aromatic heterocycles. The molecule has 0 aromatic carbocycles. The summed E-state index contributed by atoms with van der Waals surface area (Å²) in [4.78, 5) is 33.3. The van der Waals surface area contributed by atoms with Crippen LogP contribution in [0.5, 0.6) is 0 Å². The molecular formula is C20H31N5O2. The molecule has 7 heteroatoms. The number of carbonyl (C=O) groups is 2. The molecule has 27 heavy (non-hydrogen) atoms. The number of hydrogen-bond acceptors (Lipinski definition) is 5. The number of hydrogen-bond donors (Lipinski definition) is 2. The number of nitrogens with zero attached hydrogens (tertiary/aromatic N) is 3. The van der Waals surface area contributed by atoms with E-state index in [1.807, 2.05) is 23.1 Å².